The van der Waals surface area contributed by atoms with Crippen molar-refractivity contribution < 1.29 is 29.0 Å². The van der Waals surface area contributed by atoms with Crippen LogP contribution in [0.5, 0.6) is 0 Å². The summed E-state index contributed by atoms with van der Waals surface area (Å²) in [6, 6.07) is -0.257. The lowest BCUT2D eigenvalue weighted by molar-refractivity contribution is -0.152. The van der Waals surface area contributed by atoms with Crippen LogP contribution in [0.1, 0.15) is 26.7 Å². The molecule has 0 saturated carbocycles. The van der Waals surface area contributed by atoms with Crippen molar-refractivity contribution in [2.75, 3.05) is 20.2 Å². The van der Waals surface area contributed by atoms with Crippen LogP contribution in [0.3, 0.4) is 0 Å². The molecule has 10 nitrogen and oxygen atoms in total. The molecule has 2 aliphatic rings. The fourth-order valence-electron chi connectivity index (χ4n) is 3.56. The highest BCUT2D eigenvalue weighted by Crippen LogP contribution is 2.25. The van der Waals surface area contributed by atoms with Gasteiger partial charge >= 0.3 is 12.1 Å². The number of nitrogens with zero attached hydrogens (tertiary/aromatic N) is 3. The number of carboxylic acid groups (broad SMARTS) is 1. The third-order valence-electron chi connectivity index (χ3n) is 4.93. The van der Waals surface area contributed by atoms with Crippen molar-refractivity contribution in [3.8, 4) is 6.07 Å². The van der Waals surface area contributed by atoms with Crippen molar-refractivity contribution in [3.05, 3.63) is 0 Å². The summed E-state index contributed by atoms with van der Waals surface area (Å²) in [5.41, 5.74) is 0. The van der Waals surface area contributed by atoms with Gasteiger partial charge in [0.2, 0.25) is 11.8 Å². The van der Waals surface area contributed by atoms with Crippen molar-refractivity contribution in [2.24, 2.45) is 11.8 Å². The van der Waals surface area contributed by atoms with Gasteiger partial charge in [0.05, 0.1) is 19.1 Å². The topological polar surface area (TPSA) is 140 Å². The van der Waals surface area contributed by atoms with E-state index in [9.17, 15) is 24.3 Å². The number of ether oxygens (including phenoxy) is 1. The van der Waals surface area contributed by atoms with Gasteiger partial charge in [-0.3, -0.25) is 14.5 Å². The molecule has 4 atom stereocenters. The number of hydrogen-bond donors (Lipinski definition) is 2. The Balaban J connectivity index is 2.09. The molecule has 0 radical (unpaired) electrons. The number of esters is 1. The highest BCUT2D eigenvalue weighted by molar-refractivity contribution is 5.88. The average Bonchev–Trinajstić information content (AvgIpc) is 3.24. The van der Waals surface area contributed by atoms with Crippen LogP contribution in [-0.2, 0) is 19.1 Å². The van der Waals surface area contributed by atoms with Gasteiger partial charge < -0.3 is 20.1 Å². The van der Waals surface area contributed by atoms with Crippen LogP contribution in [0, 0.1) is 23.2 Å². The second-order valence-electron chi connectivity index (χ2n) is 7.14. The maximum atomic E-state index is 12.6. The molecule has 2 saturated heterocycles. The Bertz CT molecular complexity index is 673. The van der Waals surface area contributed by atoms with Crippen molar-refractivity contribution in [2.45, 2.75) is 44.8 Å². The average molecular weight is 380 g/mol. The van der Waals surface area contributed by atoms with Gasteiger partial charge in [-0.15, -0.1) is 0 Å². The molecule has 2 rings (SSSR count). The molecule has 0 aromatic heterocycles. The second kappa shape index (κ2) is 8.24. The predicted octanol–water partition coefficient (Wildman–Crippen LogP) is -0.207. The number of methoxy groups -OCH3 is 1. The van der Waals surface area contributed by atoms with Gasteiger partial charge in [0.25, 0.3) is 0 Å². The fraction of sp³-hybridized carbons (Fsp3) is 0.706. The molecule has 3 amide bonds. The standard InChI is InChI=1S/C17H24N4O6/c1-9(2)15(23)20-8-11(5-13(20)16(24)27-3)19-14(22)12-4-10(6-18)7-21(12)17(25)26/h9-13H,4-5,7-8H2,1-3H3,(H,19,22)(H,25,26)/t10-,11-,12+,13-/m1/s1. The Hall–Kier alpha value is -2.83. The number of amides is 3. The Morgan fingerprint density at radius 3 is 2.33 bits per heavy atom. The number of nitrogens with one attached hydrogen (secondary N) is 1. The minimum Gasteiger partial charge on any atom is -0.467 e. The number of hydrogen-bond acceptors (Lipinski definition) is 6. The molecule has 2 fully saturated rings. The lowest BCUT2D eigenvalue weighted by Gasteiger charge is -2.24. The van der Waals surface area contributed by atoms with Crippen molar-refractivity contribution >= 4 is 23.9 Å². The summed E-state index contributed by atoms with van der Waals surface area (Å²) in [4.78, 5) is 50.6. The Morgan fingerprint density at radius 1 is 1.15 bits per heavy atom. The number of rotatable bonds is 4. The van der Waals surface area contributed by atoms with Crippen LogP contribution in [0.15, 0.2) is 0 Å². The summed E-state index contributed by atoms with van der Waals surface area (Å²) in [5.74, 6) is -2.16. The minimum absolute atomic E-state index is 0.0165. The van der Waals surface area contributed by atoms with Crippen LogP contribution < -0.4 is 5.32 Å². The largest absolute Gasteiger partial charge is 0.467 e. The van der Waals surface area contributed by atoms with Crippen LogP contribution in [0.4, 0.5) is 4.79 Å². The third kappa shape index (κ3) is 4.30. The van der Waals surface area contributed by atoms with Gasteiger partial charge in [-0.25, -0.2) is 9.59 Å². The number of nitriles is 1. The fourth-order valence-corrected chi connectivity index (χ4v) is 3.56. The lowest BCUT2D eigenvalue weighted by atomic mass is 10.1. The molecule has 0 aromatic rings. The molecule has 0 aromatic carbocycles. The van der Waals surface area contributed by atoms with E-state index in [2.05, 4.69) is 5.32 Å². The minimum atomic E-state index is -1.26. The van der Waals surface area contributed by atoms with E-state index in [0.29, 0.717) is 0 Å². The summed E-state index contributed by atoms with van der Waals surface area (Å²) in [7, 11) is 1.23. The van der Waals surface area contributed by atoms with Crippen molar-refractivity contribution in [1.29, 1.82) is 5.26 Å². The lowest BCUT2D eigenvalue weighted by Crippen LogP contribution is -2.49. The zero-order valence-corrected chi connectivity index (χ0v) is 15.5. The molecule has 27 heavy (non-hydrogen) atoms. The summed E-state index contributed by atoms with van der Waals surface area (Å²) in [5, 5.41) is 21.0. The first-order chi connectivity index (χ1) is 12.7. The molecular weight excluding hydrogens is 356 g/mol. The number of likely N-dealkylation sites (tertiary alicyclic amines) is 2. The zero-order chi connectivity index (χ0) is 20.3. The normalized spacial score (nSPS) is 27.4. The Morgan fingerprint density at radius 2 is 1.81 bits per heavy atom. The molecule has 2 heterocycles. The molecule has 0 spiro atoms. The number of carbonyl (C=O) groups is 4. The number of carbonyl (C=O) groups excluding carboxylic acids is 3. The molecular formula is C17H24N4O6. The van der Waals surface area contributed by atoms with E-state index in [-0.39, 0.29) is 37.8 Å². The monoisotopic (exact) mass is 380 g/mol. The SMILES string of the molecule is COC(=O)[C@H]1C[C@@H](NC(=O)[C@@H]2C[C@H](C#N)CN2C(=O)O)CN1C(=O)C(C)C. The van der Waals surface area contributed by atoms with Crippen molar-refractivity contribution in [3.63, 3.8) is 0 Å². The van der Waals surface area contributed by atoms with Crippen molar-refractivity contribution in [1.82, 2.24) is 15.1 Å². The quantitative estimate of drug-likeness (QED) is 0.643. The summed E-state index contributed by atoms with van der Waals surface area (Å²) in [6.07, 6.45) is -0.947. The van der Waals surface area contributed by atoms with E-state index in [1.54, 1.807) is 13.8 Å². The van der Waals surface area contributed by atoms with Gasteiger partial charge in [0.15, 0.2) is 0 Å². The highest BCUT2D eigenvalue weighted by atomic mass is 16.5. The van der Waals surface area contributed by atoms with Gasteiger partial charge in [-0.2, -0.15) is 5.26 Å². The molecule has 2 aliphatic heterocycles. The molecule has 0 unspecified atom stereocenters. The maximum Gasteiger partial charge on any atom is 0.408 e. The highest BCUT2D eigenvalue weighted by Gasteiger charge is 2.44. The van der Waals surface area contributed by atoms with Gasteiger partial charge in [-0.05, 0) is 6.42 Å². The van der Waals surface area contributed by atoms with Gasteiger partial charge in [-0.1, -0.05) is 13.8 Å². The van der Waals surface area contributed by atoms with E-state index in [4.69, 9.17) is 10.00 Å². The molecule has 0 aliphatic carbocycles. The Labute approximate surface area is 157 Å². The maximum absolute atomic E-state index is 12.6. The Kier molecular flexibility index (Phi) is 6.25. The zero-order valence-electron chi connectivity index (χ0n) is 15.5. The first kappa shape index (κ1) is 20.5. The molecule has 148 valence electrons. The van der Waals surface area contributed by atoms with Crippen LogP contribution in [0.2, 0.25) is 0 Å². The van der Waals surface area contributed by atoms with Crippen LogP contribution in [-0.4, -0.2) is 77.1 Å². The van der Waals surface area contributed by atoms with E-state index in [1.807, 2.05) is 6.07 Å². The second-order valence-corrected chi connectivity index (χ2v) is 7.14. The first-order valence-electron chi connectivity index (χ1n) is 8.77. The summed E-state index contributed by atoms with van der Waals surface area (Å²) >= 11 is 0. The molecule has 10 heteroatoms. The van der Waals surface area contributed by atoms with Gasteiger partial charge in [0.1, 0.15) is 12.1 Å². The van der Waals surface area contributed by atoms with E-state index in [0.717, 1.165) is 4.90 Å². The molecule has 2 N–H and O–H groups in total. The smallest absolute Gasteiger partial charge is 0.408 e. The van der Waals surface area contributed by atoms with Crippen LogP contribution >= 0.6 is 0 Å². The van der Waals surface area contributed by atoms with E-state index >= 15 is 0 Å². The summed E-state index contributed by atoms with van der Waals surface area (Å²) < 4.78 is 4.76. The third-order valence-corrected chi connectivity index (χ3v) is 4.93. The molecule has 0 bridgehead atoms. The summed E-state index contributed by atoms with van der Waals surface area (Å²) in [6.45, 7) is 3.56. The first-order valence-corrected chi connectivity index (χ1v) is 8.77. The van der Waals surface area contributed by atoms with E-state index in [1.165, 1.54) is 12.0 Å². The predicted molar refractivity (Wildman–Crippen MR) is 91.1 cm³/mol. The van der Waals surface area contributed by atoms with Crippen LogP contribution in [0.25, 0.3) is 0 Å². The van der Waals surface area contributed by atoms with E-state index < -0.39 is 42.0 Å². The van der Waals surface area contributed by atoms with Gasteiger partial charge in [0, 0.05) is 31.5 Å².